The van der Waals surface area contributed by atoms with Gasteiger partial charge in [0.2, 0.25) is 0 Å². The largest absolute Gasteiger partial charge is 0.385 e. The topological polar surface area (TPSA) is 18.5 Å². The van der Waals surface area contributed by atoms with Gasteiger partial charge in [-0.15, -0.1) is 0 Å². The summed E-state index contributed by atoms with van der Waals surface area (Å²) < 4.78 is 10.0. The van der Waals surface area contributed by atoms with Gasteiger partial charge in [-0.3, -0.25) is 0 Å². The third-order valence-corrected chi connectivity index (χ3v) is 2.70. The molecule has 0 aliphatic rings. The van der Waals surface area contributed by atoms with Crippen LogP contribution in [0.4, 0.5) is 0 Å². The fraction of sp³-hybridized carbons (Fsp3) is 1.00. The summed E-state index contributed by atoms with van der Waals surface area (Å²) in [5.74, 6) is 0. The third-order valence-electron chi connectivity index (χ3n) is 2.70. The first-order valence-electron chi connectivity index (χ1n) is 6.39. The van der Waals surface area contributed by atoms with Gasteiger partial charge in [0.1, 0.15) is 0 Å². The number of hydrogen-bond acceptors (Lipinski definition) is 2. The van der Waals surface area contributed by atoms with E-state index in [9.17, 15) is 0 Å². The Morgan fingerprint density at radius 2 is 0.733 bits per heavy atom. The van der Waals surface area contributed by atoms with Crippen molar-refractivity contribution in [2.75, 3.05) is 27.4 Å². The zero-order valence-electron chi connectivity index (χ0n) is 10.6. The lowest BCUT2D eigenvalue weighted by Gasteiger charge is -2.02. The molecule has 0 heterocycles. The summed E-state index contributed by atoms with van der Waals surface area (Å²) in [5.41, 5.74) is 0. The van der Waals surface area contributed by atoms with Crippen LogP contribution in [0.3, 0.4) is 0 Å². The lowest BCUT2D eigenvalue weighted by molar-refractivity contribution is 0.191. The molecular formula is C13H28O2. The molecule has 2 heteroatoms. The quantitative estimate of drug-likeness (QED) is 0.462. The van der Waals surface area contributed by atoms with Crippen molar-refractivity contribution in [2.45, 2.75) is 57.8 Å². The van der Waals surface area contributed by atoms with Gasteiger partial charge >= 0.3 is 0 Å². The molecule has 0 fully saturated rings. The van der Waals surface area contributed by atoms with Gasteiger partial charge in [0.15, 0.2) is 0 Å². The standard InChI is InChI=1S/C13H28O2/c1-14-12-10-8-6-4-3-5-7-9-11-13-15-2/h3-13H2,1-2H3. The van der Waals surface area contributed by atoms with Crippen LogP contribution >= 0.6 is 0 Å². The van der Waals surface area contributed by atoms with Crippen LogP contribution in [-0.4, -0.2) is 27.4 Å². The second-order valence-electron chi connectivity index (χ2n) is 4.17. The molecule has 0 aromatic heterocycles. The van der Waals surface area contributed by atoms with Crippen LogP contribution in [0, 0.1) is 0 Å². The van der Waals surface area contributed by atoms with Crippen LogP contribution < -0.4 is 0 Å². The third kappa shape index (κ3) is 13.9. The zero-order chi connectivity index (χ0) is 11.2. The van der Waals surface area contributed by atoms with Crippen molar-refractivity contribution in [3.8, 4) is 0 Å². The Morgan fingerprint density at radius 1 is 0.467 bits per heavy atom. The van der Waals surface area contributed by atoms with Gasteiger partial charge in [-0.1, -0.05) is 44.9 Å². The monoisotopic (exact) mass is 216 g/mol. The SMILES string of the molecule is COCCCCCCCCCCCOC. The van der Waals surface area contributed by atoms with E-state index in [2.05, 4.69) is 0 Å². The average Bonchev–Trinajstić information content (AvgIpc) is 2.26. The number of rotatable bonds is 12. The maximum atomic E-state index is 5.01. The molecule has 0 N–H and O–H groups in total. The first-order chi connectivity index (χ1) is 7.41. The molecule has 15 heavy (non-hydrogen) atoms. The van der Waals surface area contributed by atoms with Crippen molar-refractivity contribution < 1.29 is 9.47 Å². The Kier molecular flexibility index (Phi) is 13.8. The molecule has 0 aliphatic heterocycles. The Labute approximate surface area is 95.3 Å². The van der Waals surface area contributed by atoms with Crippen molar-refractivity contribution in [1.29, 1.82) is 0 Å². The molecule has 0 spiro atoms. The highest BCUT2D eigenvalue weighted by Crippen LogP contribution is 2.09. The average molecular weight is 216 g/mol. The van der Waals surface area contributed by atoms with E-state index in [1.807, 2.05) is 0 Å². The summed E-state index contributed by atoms with van der Waals surface area (Å²) in [6.07, 6.45) is 12.1. The molecule has 0 aliphatic carbocycles. The summed E-state index contributed by atoms with van der Waals surface area (Å²) in [6, 6.07) is 0. The Balaban J connectivity index is 2.81. The molecular weight excluding hydrogens is 188 g/mol. The van der Waals surface area contributed by atoms with Crippen molar-refractivity contribution in [1.82, 2.24) is 0 Å². The number of ether oxygens (including phenoxy) is 2. The molecule has 0 aromatic carbocycles. The maximum Gasteiger partial charge on any atom is 0.0462 e. The fourth-order valence-corrected chi connectivity index (χ4v) is 1.73. The predicted molar refractivity (Wildman–Crippen MR) is 65.3 cm³/mol. The first-order valence-corrected chi connectivity index (χ1v) is 6.39. The molecule has 0 saturated carbocycles. The van der Waals surface area contributed by atoms with Crippen molar-refractivity contribution in [2.24, 2.45) is 0 Å². The van der Waals surface area contributed by atoms with Crippen molar-refractivity contribution in [3.63, 3.8) is 0 Å². The lowest BCUT2D eigenvalue weighted by Crippen LogP contribution is -1.89. The second kappa shape index (κ2) is 13.9. The highest BCUT2D eigenvalue weighted by molar-refractivity contribution is 4.47. The van der Waals surface area contributed by atoms with Gasteiger partial charge in [-0.25, -0.2) is 0 Å². The Bertz CT molecular complexity index is 92.7. The molecule has 0 saturated heterocycles. The molecule has 0 radical (unpaired) electrons. The van der Waals surface area contributed by atoms with Gasteiger partial charge in [0, 0.05) is 27.4 Å². The molecule has 0 aromatic rings. The van der Waals surface area contributed by atoms with Gasteiger partial charge < -0.3 is 9.47 Å². The minimum Gasteiger partial charge on any atom is -0.385 e. The number of unbranched alkanes of at least 4 members (excludes halogenated alkanes) is 8. The van der Waals surface area contributed by atoms with Gasteiger partial charge in [-0.2, -0.15) is 0 Å². The van der Waals surface area contributed by atoms with Gasteiger partial charge in [0.25, 0.3) is 0 Å². The predicted octanol–water partition coefficient (Wildman–Crippen LogP) is 3.79. The van der Waals surface area contributed by atoms with E-state index in [1.165, 1.54) is 57.8 Å². The van der Waals surface area contributed by atoms with Crippen LogP contribution in [0.1, 0.15) is 57.8 Å². The molecule has 2 nitrogen and oxygen atoms in total. The Hall–Kier alpha value is -0.0800. The number of hydrogen-bond donors (Lipinski definition) is 0. The first kappa shape index (κ1) is 14.9. The molecule has 0 atom stereocenters. The van der Waals surface area contributed by atoms with E-state index in [4.69, 9.17) is 9.47 Å². The smallest absolute Gasteiger partial charge is 0.0462 e. The van der Waals surface area contributed by atoms with Crippen molar-refractivity contribution >= 4 is 0 Å². The van der Waals surface area contributed by atoms with E-state index < -0.39 is 0 Å². The summed E-state index contributed by atoms with van der Waals surface area (Å²) >= 11 is 0. The maximum absolute atomic E-state index is 5.01. The van der Waals surface area contributed by atoms with E-state index in [0.29, 0.717) is 0 Å². The highest BCUT2D eigenvalue weighted by atomic mass is 16.5. The lowest BCUT2D eigenvalue weighted by atomic mass is 10.1. The van der Waals surface area contributed by atoms with E-state index in [0.717, 1.165) is 13.2 Å². The van der Waals surface area contributed by atoms with Crippen LogP contribution in [0.25, 0.3) is 0 Å². The molecule has 92 valence electrons. The molecule has 0 rings (SSSR count). The Morgan fingerprint density at radius 3 is 1.00 bits per heavy atom. The van der Waals surface area contributed by atoms with Crippen LogP contribution in [-0.2, 0) is 9.47 Å². The van der Waals surface area contributed by atoms with Crippen LogP contribution in [0.2, 0.25) is 0 Å². The second-order valence-corrected chi connectivity index (χ2v) is 4.17. The summed E-state index contributed by atoms with van der Waals surface area (Å²) in [5, 5.41) is 0. The fourth-order valence-electron chi connectivity index (χ4n) is 1.73. The minimum absolute atomic E-state index is 0.928. The van der Waals surface area contributed by atoms with Gasteiger partial charge in [-0.05, 0) is 12.8 Å². The van der Waals surface area contributed by atoms with Crippen LogP contribution in [0.5, 0.6) is 0 Å². The summed E-state index contributed by atoms with van der Waals surface area (Å²) in [7, 11) is 3.56. The highest BCUT2D eigenvalue weighted by Gasteiger charge is 1.92. The van der Waals surface area contributed by atoms with Crippen molar-refractivity contribution in [3.05, 3.63) is 0 Å². The molecule has 0 unspecified atom stereocenters. The van der Waals surface area contributed by atoms with Crippen LogP contribution in [0.15, 0.2) is 0 Å². The zero-order valence-corrected chi connectivity index (χ0v) is 10.6. The van der Waals surface area contributed by atoms with E-state index in [-0.39, 0.29) is 0 Å². The summed E-state index contributed by atoms with van der Waals surface area (Å²) in [6.45, 7) is 1.86. The normalized spacial score (nSPS) is 10.8. The molecule has 0 amide bonds. The van der Waals surface area contributed by atoms with E-state index in [1.54, 1.807) is 14.2 Å². The molecule has 0 bridgehead atoms. The van der Waals surface area contributed by atoms with E-state index >= 15 is 0 Å². The minimum atomic E-state index is 0.928. The summed E-state index contributed by atoms with van der Waals surface area (Å²) in [4.78, 5) is 0. The number of methoxy groups -OCH3 is 2. The van der Waals surface area contributed by atoms with Gasteiger partial charge in [0.05, 0.1) is 0 Å².